The molecule has 2 aromatic heterocycles. The molecular weight excluding hydrogens is 246 g/mol. The van der Waals surface area contributed by atoms with Gasteiger partial charge >= 0.3 is 0 Å². The molecule has 18 heavy (non-hydrogen) atoms. The highest BCUT2D eigenvalue weighted by Gasteiger charge is 2.12. The molecule has 4 heteroatoms. The number of fused-ring (bicyclic) bond motifs is 1. The van der Waals surface area contributed by atoms with Crippen LogP contribution in [0.4, 0.5) is 5.69 Å². The van der Waals surface area contributed by atoms with Crippen LogP contribution in [0, 0.1) is 0 Å². The number of nitrogens with two attached hydrogens (primary N) is 1. The molecule has 3 nitrogen and oxygen atoms in total. The molecule has 0 saturated carbocycles. The molecule has 0 amide bonds. The zero-order valence-corrected chi connectivity index (χ0v) is 10.6. The Bertz CT molecular complexity index is 731. The Morgan fingerprint density at radius 1 is 1.28 bits per heavy atom. The molecule has 3 rings (SSSR count). The topological polar surface area (TPSA) is 43.8 Å². The molecule has 0 bridgehead atoms. The number of rotatable bonds is 1. The minimum absolute atomic E-state index is 0.698. The first-order chi connectivity index (χ1) is 8.66. The number of anilines is 1. The van der Waals surface area contributed by atoms with Crippen molar-refractivity contribution in [3.8, 4) is 11.3 Å². The lowest BCUT2D eigenvalue weighted by atomic mass is 10.1. The number of nitrogens with zero attached hydrogens (tertiary/aromatic N) is 2. The summed E-state index contributed by atoms with van der Waals surface area (Å²) < 4.78 is 2.04. The smallest absolute Gasteiger partial charge is 0.0744 e. The second-order valence-electron chi connectivity index (χ2n) is 4.26. The maximum Gasteiger partial charge on any atom is 0.0744 e. The van der Waals surface area contributed by atoms with Crippen LogP contribution in [-0.2, 0) is 7.05 Å². The number of hydrogen-bond donors (Lipinski definition) is 1. The van der Waals surface area contributed by atoms with Crippen LogP contribution in [0.2, 0.25) is 5.02 Å². The van der Waals surface area contributed by atoms with Gasteiger partial charge in [-0.05, 0) is 24.3 Å². The van der Waals surface area contributed by atoms with Crippen LogP contribution in [0.3, 0.4) is 0 Å². The first-order valence-electron chi connectivity index (χ1n) is 5.62. The van der Waals surface area contributed by atoms with Gasteiger partial charge in [-0.2, -0.15) is 0 Å². The number of hydrogen-bond acceptors (Lipinski definition) is 2. The van der Waals surface area contributed by atoms with E-state index in [2.05, 4.69) is 4.98 Å². The predicted octanol–water partition coefficient (Wildman–Crippen LogP) is 3.48. The first kappa shape index (κ1) is 11.1. The Kier molecular flexibility index (Phi) is 2.49. The fourth-order valence-electron chi connectivity index (χ4n) is 2.19. The van der Waals surface area contributed by atoms with Gasteiger partial charge in [0.25, 0.3) is 0 Å². The number of nitrogen functional groups attached to an aromatic ring is 1. The third-order valence-electron chi connectivity index (χ3n) is 3.02. The number of aromatic nitrogens is 2. The third-order valence-corrected chi connectivity index (χ3v) is 3.34. The minimum Gasteiger partial charge on any atom is -0.399 e. The van der Waals surface area contributed by atoms with Crippen molar-refractivity contribution in [1.29, 1.82) is 0 Å². The van der Waals surface area contributed by atoms with Gasteiger partial charge in [0.15, 0.2) is 0 Å². The molecule has 3 aromatic rings. The van der Waals surface area contributed by atoms with Crippen LogP contribution in [0.15, 0.2) is 42.7 Å². The van der Waals surface area contributed by atoms with Gasteiger partial charge in [0.05, 0.1) is 10.7 Å². The molecule has 2 heterocycles. The Hall–Kier alpha value is -2.00. The van der Waals surface area contributed by atoms with Crippen molar-refractivity contribution in [2.24, 2.45) is 7.05 Å². The normalized spacial score (nSPS) is 11.0. The van der Waals surface area contributed by atoms with E-state index in [9.17, 15) is 0 Å². The van der Waals surface area contributed by atoms with Crippen LogP contribution in [0.1, 0.15) is 0 Å². The summed E-state index contributed by atoms with van der Waals surface area (Å²) in [6.07, 6.45) is 3.73. The van der Waals surface area contributed by atoms with Crippen molar-refractivity contribution in [3.05, 3.63) is 47.7 Å². The molecule has 2 N–H and O–H groups in total. The third kappa shape index (κ3) is 1.64. The summed E-state index contributed by atoms with van der Waals surface area (Å²) in [6, 6.07) is 9.51. The highest BCUT2D eigenvalue weighted by Crippen LogP contribution is 2.34. The van der Waals surface area contributed by atoms with Gasteiger partial charge in [0.1, 0.15) is 0 Å². The van der Waals surface area contributed by atoms with Crippen LogP contribution in [0.5, 0.6) is 0 Å². The van der Waals surface area contributed by atoms with Crippen LogP contribution in [-0.4, -0.2) is 9.55 Å². The zero-order chi connectivity index (χ0) is 12.7. The highest BCUT2D eigenvalue weighted by atomic mass is 35.5. The summed E-state index contributed by atoms with van der Waals surface area (Å²) in [6.45, 7) is 0. The van der Waals surface area contributed by atoms with Gasteiger partial charge in [-0.25, -0.2) is 0 Å². The summed E-state index contributed by atoms with van der Waals surface area (Å²) in [7, 11) is 1.99. The fourth-order valence-corrected chi connectivity index (χ4v) is 2.46. The van der Waals surface area contributed by atoms with Crippen molar-refractivity contribution in [2.45, 2.75) is 0 Å². The van der Waals surface area contributed by atoms with E-state index >= 15 is 0 Å². The number of halogens is 1. The maximum absolute atomic E-state index is 6.29. The monoisotopic (exact) mass is 257 g/mol. The van der Waals surface area contributed by atoms with E-state index in [1.54, 1.807) is 12.3 Å². The largest absolute Gasteiger partial charge is 0.399 e. The Morgan fingerprint density at radius 3 is 2.89 bits per heavy atom. The first-order valence-corrected chi connectivity index (χ1v) is 6.00. The zero-order valence-electron chi connectivity index (χ0n) is 9.89. The summed E-state index contributed by atoms with van der Waals surface area (Å²) >= 11 is 6.29. The van der Waals surface area contributed by atoms with Gasteiger partial charge < -0.3 is 10.3 Å². The van der Waals surface area contributed by atoms with Crippen LogP contribution in [0.25, 0.3) is 22.2 Å². The number of aryl methyl sites for hydroxylation is 1. The second-order valence-corrected chi connectivity index (χ2v) is 4.67. The van der Waals surface area contributed by atoms with Crippen molar-refractivity contribution < 1.29 is 0 Å². The molecule has 0 saturated heterocycles. The Balaban J connectivity index is 2.36. The van der Waals surface area contributed by atoms with E-state index in [1.165, 1.54) is 0 Å². The summed E-state index contributed by atoms with van der Waals surface area (Å²) in [5.74, 6) is 0. The molecule has 0 aliphatic carbocycles. The molecule has 0 aliphatic heterocycles. The lowest BCUT2D eigenvalue weighted by molar-refractivity contribution is 0.969. The summed E-state index contributed by atoms with van der Waals surface area (Å²) in [5, 5.41) is 1.74. The molecule has 0 unspecified atom stereocenters. The molecular formula is C14H12ClN3. The average Bonchev–Trinajstić information content (AvgIpc) is 2.69. The van der Waals surface area contributed by atoms with Crippen molar-refractivity contribution in [1.82, 2.24) is 9.55 Å². The fraction of sp³-hybridized carbons (Fsp3) is 0.0714. The van der Waals surface area contributed by atoms with E-state index in [1.807, 2.05) is 42.1 Å². The molecule has 0 spiro atoms. The van der Waals surface area contributed by atoms with Crippen LogP contribution < -0.4 is 5.73 Å². The maximum atomic E-state index is 6.29. The molecule has 0 aliphatic rings. The van der Waals surface area contributed by atoms with E-state index < -0.39 is 0 Å². The highest BCUT2D eigenvalue weighted by molar-refractivity contribution is 6.36. The molecule has 90 valence electrons. The van der Waals surface area contributed by atoms with E-state index in [4.69, 9.17) is 17.3 Å². The van der Waals surface area contributed by atoms with E-state index in [0.717, 1.165) is 27.2 Å². The predicted molar refractivity (Wildman–Crippen MR) is 75.6 cm³/mol. The molecule has 0 atom stereocenters. The Morgan fingerprint density at radius 2 is 2.11 bits per heavy atom. The van der Waals surface area contributed by atoms with Gasteiger partial charge in [-0.1, -0.05) is 17.7 Å². The SMILES string of the molecule is Cn1cc(-c2cc(N)ccn2)c2c(Cl)cccc21. The minimum atomic E-state index is 0.698. The Labute approximate surface area is 110 Å². The van der Waals surface area contributed by atoms with Crippen molar-refractivity contribution >= 4 is 28.2 Å². The average molecular weight is 258 g/mol. The standard InChI is InChI=1S/C14H12ClN3/c1-18-8-10(12-7-9(16)5-6-17-12)14-11(15)3-2-4-13(14)18/h2-8H,1H3,(H2,16,17). The van der Waals surface area contributed by atoms with Gasteiger partial charge in [0, 0.05) is 41.6 Å². The van der Waals surface area contributed by atoms with E-state index in [0.29, 0.717) is 5.69 Å². The van der Waals surface area contributed by atoms with Gasteiger partial charge in [-0.3, -0.25) is 4.98 Å². The van der Waals surface area contributed by atoms with Crippen molar-refractivity contribution in [3.63, 3.8) is 0 Å². The van der Waals surface area contributed by atoms with Gasteiger partial charge in [0.2, 0.25) is 0 Å². The van der Waals surface area contributed by atoms with Crippen molar-refractivity contribution in [2.75, 3.05) is 5.73 Å². The summed E-state index contributed by atoms with van der Waals surface area (Å²) in [4.78, 5) is 4.36. The molecule has 0 fully saturated rings. The quantitative estimate of drug-likeness (QED) is 0.725. The number of benzene rings is 1. The summed E-state index contributed by atoms with van der Waals surface area (Å²) in [5.41, 5.74) is 9.43. The second kappa shape index (κ2) is 4.03. The lowest BCUT2D eigenvalue weighted by Gasteiger charge is -2.01. The molecule has 0 radical (unpaired) electrons. The number of pyridine rings is 1. The molecule has 1 aromatic carbocycles. The van der Waals surface area contributed by atoms with E-state index in [-0.39, 0.29) is 0 Å². The lowest BCUT2D eigenvalue weighted by Crippen LogP contribution is -1.88. The van der Waals surface area contributed by atoms with Crippen LogP contribution >= 0.6 is 11.6 Å². The van der Waals surface area contributed by atoms with Gasteiger partial charge in [-0.15, -0.1) is 0 Å².